The van der Waals surface area contributed by atoms with Crippen molar-refractivity contribution in [3.05, 3.63) is 0 Å². The second-order valence-electron chi connectivity index (χ2n) is 5.81. The monoisotopic (exact) mass is 240 g/mol. The minimum absolute atomic E-state index is 0.471. The van der Waals surface area contributed by atoms with Gasteiger partial charge in [-0.1, -0.05) is 6.92 Å². The van der Waals surface area contributed by atoms with Gasteiger partial charge in [0.25, 0.3) is 0 Å². The zero-order valence-corrected chi connectivity index (χ0v) is 11.2. The van der Waals surface area contributed by atoms with Gasteiger partial charge in [-0.3, -0.25) is 0 Å². The Labute approximate surface area is 105 Å². The second kappa shape index (κ2) is 6.72. The molecule has 3 N–H and O–H groups in total. The van der Waals surface area contributed by atoms with E-state index in [0.717, 1.165) is 31.4 Å². The highest BCUT2D eigenvalue weighted by Gasteiger charge is 2.26. The highest BCUT2D eigenvalue weighted by atomic mass is 16.5. The zero-order chi connectivity index (χ0) is 12.1. The fourth-order valence-corrected chi connectivity index (χ4v) is 3.24. The van der Waals surface area contributed by atoms with E-state index >= 15 is 0 Å². The van der Waals surface area contributed by atoms with Crippen molar-refractivity contribution in [1.82, 2.24) is 5.32 Å². The summed E-state index contributed by atoms with van der Waals surface area (Å²) in [5.74, 6) is 1.60. The molecule has 2 aliphatic rings. The number of hydrogen-bond donors (Lipinski definition) is 2. The van der Waals surface area contributed by atoms with Crippen LogP contribution in [-0.4, -0.2) is 31.8 Å². The molecule has 2 unspecified atom stereocenters. The van der Waals surface area contributed by atoms with Crippen molar-refractivity contribution in [2.45, 2.75) is 57.6 Å². The summed E-state index contributed by atoms with van der Waals surface area (Å²) in [6, 6.07) is 0.471. The van der Waals surface area contributed by atoms with Gasteiger partial charge >= 0.3 is 0 Å². The van der Waals surface area contributed by atoms with Crippen molar-refractivity contribution in [1.29, 1.82) is 0 Å². The summed E-state index contributed by atoms with van der Waals surface area (Å²) >= 11 is 0. The Balaban J connectivity index is 1.59. The quantitative estimate of drug-likeness (QED) is 0.771. The maximum Gasteiger partial charge on any atom is 0.0613 e. The van der Waals surface area contributed by atoms with Crippen LogP contribution in [0.5, 0.6) is 0 Å². The van der Waals surface area contributed by atoms with Crippen molar-refractivity contribution in [2.75, 3.05) is 19.7 Å². The fourth-order valence-electron chi connectivity index (χ4n) is 3.24. The molecule has 2 fully saturated rings. The molecule has 1 aliphatic carbocycles. The van der Waals surface area contributed by atoms with E-state index in [9.17, 15) is 0 Å². The number of nitrogens with two attached hydrogens (primary N) is 1. The van der Waals surface area contributed by atoms with Crippen LogP contribution in [0.1, 0.15) is 45.4 Å². The van der Waals surface area contributed by atoms with E-state index in [2.05, 4.69) is 12.2 Å². The third-order valence-electron chi connectivity index (χ3n) is 4.48. The normalized spacial score (nSPS) is 38.5. The minimum Gasteiger partial charge on any atom is -0.378 e. The number of rotatable bonds is 5. The molecule has 2 rings (SSSR count). The highest BCUT2D eigenvalue weighted by molar-refractivity contribution is 4.79. The molecule has 1 heterocycles. The average Bonchev–Trinajstić information content (AvgIpc) is 2.79. The number of nitrogens with one attached hydrogen (secondary N) is 1. The first-order valence-corrected chi connectivity index (χ1v) is 7.37. The Morgan fingerprint density at radius 3 is 2.59 bits per heavy atom. The van der Waals surface area contributed by atoms with Crippen LogP contribution >= 0.6 is 0 Å². The van der Waals surface area contributed by atoms with Gasteiger partial charge in [0.1, 0.15) is 0 Å². The van der Waals surface area contributed by atoms with E-state index in [1.165, 1.54) is 38.6 Å². The van der Waals surface area contributed by atoms with E-state index < -0.39 is 0 Å². The van der Waals surface area contributed by atoms with Gasteiger partial charge in [-0.25, -0.2) is 0 Å². The summed E-state index contributed by atoms with van der Waals surface area (Å²) in [5, 5.41) is 3.66. The summed E-state index contributed by atoms with van der Waals surface area (Å²) < 4.78 is 5.71. The summed E-state index contributed by atoms with van der Waals surface area (Å²) in [6.07, 6.45) is 7.96. The predicted molar refractivity (Wildman–Crippen MR) is 70.9 cm³/mol. The van der Waals surface area contributed by atoms with Crippen molar-refractivity contribution in [2.24, 2.45) is 17.6 Å². The third kappa shape index (κ3) is 3.94. The van der Waals surface area contributed by atoms with E-state index in [-0.39, 0.29) is 0 Å². The van der Waals surface area contributed by atoms with Gasteiger partial charge in [-0.15, -0.1) is 0 Å². The lowest BCUT2D eigenvalue weighted by atomic mass is 9.86. The molecule has 0 aromatic heterocycles. The predicted octanol–water partition coefficient (Wildman–Crippen LogP) is 1.91. The summed E-state index contributed by atoms with van der Waals surface area (Å²) in [4.78, 5) is 0. The van der Waals surface area contributed by atoms with Crippen LogP contribution in [0, 0.1) is 11.8 Å². The standard InChI is InChI=1S/C14H28N2O/c1-2-14-12(7-8-17-14)10-16-9-11-3-5-13(15)6-4-11/h11-14,16H,2-10,15H2,1H3. The topological polar surface area (TPSA) is 47.3 Å². The lowest BCUT2D eigenvalue weighted by Crippen LogP contribution is -2.35. The minimum atomic E-state index is 0.471. The van der Waals surface area contributed by atoms with Crippen molar-refractivity contribution >= 4 is 0 Å². The summed E-state index contributed by atoms with van der Waals surface area (Å²) in [6.45, 7) is 5.51. The Morgan fingerprint density at radius 1 is 1.12 bits per heavy atom. The Morgan fingerprint density at radius 2 is 1.88 bits per heavy atom. The molecule has 0 bridgehead atoms. The average molecular weight is 240 g/mol. The molecule has 1 aliphatic heterocycles. The molecule has 0 radical (unpaired) electrons. The lowest BCUT2D eigenvalue weighted by molar-refractivity contribution is 0.0869. The molecule has 0 amide bonds. The largest absolute Gasteiger partial charge is 0.378 e. The van der Waals surface area contributed by atoms with Crippen LogP contribution in [0.2, 0.25) is 0 Å². The zero-order valence-electron chi connectivity index (χ0n) is 11.2. The van der Waals surface area contributed by atoms with Crippen molar-refractivity contribution in [3.63, 3.8) is 0 Å². The molecule has 1 saturated heterocycles. The Hall–Kier alpha value is -0.120. The van der Waals surface area contributed by atoms with Crippen LogP contribution in [0.4, 0.5) is 0 Å². The third-order valence-corrected chi connectivity index (χ3v) is 4.48. The van der Waals surface area contributed by atoms with Crippen LogP contribution in [0.3, 0.4) is 0 Å². The second-order valence-corrected chi connectivity index (χ2v) is 5.81. The van der Waals surface area contributed by atoms with Crippen molar-refractivity contribution < 1.29 is 4.74 Å². The molecule has 2 atom stereocenters. The van der Waals surface area contributed by atoms with Crippen molar-refractivity contribution in [3.8, 4) is 0 Å². The Kier molecular flexibility index (Phi) is 5.26. The van der Waals surface area contributed by atoms with Crippen LogP contribution in [0.25, 0.3) is 0 Å². The molecule has 0 aromatic carbocycles. The maximum atomic E-state index is 5.92. The van der Waals surface area contributed by atoms with Gasteiger partial charge < -0.3 is 15.8 Å². The Bertz CT molecular complexity index is 214. The van der Waals surface area contributed by atoms with E-state index in [0.29, 0.717) is 12.1 Å². The summed E-state index contributed by atoms with van der Waals surface area (Å²) in [5.41, 5.74) is 5.92. The van der Waals surface area contributed by atoms with Gasteiger partial charge in [0.05, 0.1) is 6.10 Å². The van der Waals surface area contributed by atoms with Crippen LogP contribution < -0.4 is 11.1 Å². The van der Waals surface area contributed by atoms with Crippen LogP contribution in [0.15, 0.2) is 0 Å². The SMILES string of the molecule is CCC1OCCC1CNCC1CCC(N)CC1. The fraction of sp³-hybridized carbons (Fsp3) is 1.00. The number of ether oxygens (including phenoxy) is 1. The van der Waals surface area contributed by atoms with Gasteiger partial charge in [0.15, 0.2) is 0 Å². The maximum absolute atomic E-state index is 5.92. The molecule has 3 heteroatoms. The molecule has 17 heavy (non-hydrogen) atoms. The first-order valence-electron chi connectivity index (χ1n) is 7.37. The molecular weight excluding hydrogens is 212 g/mol. The molecule has 0 aromatic rings. The van der Waals surface area contributed by atoms with Gasteiger partial charge in [0, 0.05) is 19.2 Å². The first-order chi connectivity index (χ1) is 8.29. The van der Waals surface area contributed by atoms with E-state index in [1.54, 1.807) is 0 Å². The lowest BCUT2D eigenvalue weighted by Gasteiger charge is -2.27. The van der Waals surface area contributed by atoms with Gasteiger partial charge in [0.2, 0.25) is 0 Å². The van der Waals surface area contributed by atoms with E-state index in [4.69, 9.17) is 10.5 Å². The first kappa shape index (κ1) is 13.3. The molecule has 3 nitrogen and oxygen atoms in total. The van der Waals surface area contributed by atoms with Gasteiger partial charge in [-0.2, -0.15) is 0 Å². The molecule has 1 saturated carbocycles. The molecule has 100 valence electrons. The van der Waals surface area contributed by atoms with Gasteiger partial charge in [-0.05, 0) is 56.9 Å². The van der Waals surface area contributed by atoms with E-state index in [1.807, 2.05) is 0 Å². The molecular formula is C14H28N2O. The van der Waals surface area contributed by atoms with Crippen LogP contribution in [-0.2, 0) is 4.74 Å². The smallest absolute Gasteiger partial charge is 0.0613 e. The highest BCUT2D eigenvalue weighted by Crippen LogP contribution is 2.24. The number of hydrogen-bond acceptors (Lipinski definition) is 3. The summed E-state index contributed by atoms with van der Waals surface area (Å²) in [7, 11) is 0. The molecule has 0 spiro atoms.